The van der Waals surface area contributed by atoms with Crippen molar-refractivity contribution < 1.29 is 9.16 Å². The molecule has 0 N–H and O–H groups in total. The first-order valence-electron chi connectivity index (χ1n) is 10.5. The van der Waals surface area contributed by atoms with Crippen LogP contribution in [-0.4, -0.2) is 28.1 Å². The fourth-order valence-electron chi connectivity index (χ4n) is 4.39. The zero-order valence-corrected chi connectivity index (χ0v) is 18.7. The van der Waals surface area contributed by atoms with Gasteiger partial charge in [-0.05, 0) is 47.0 Å². The molecule has 150 valence electrons. The zero-order valence-electron chi connectivity index (χ0n) is 17.7. The van der Waals surface area contributed by atoms with Crippen molar-refractivity contribution in [2.45, 2.75) is 31.9 Å². The third-order valence-electron chi connectivity index (χ3n) is 6.02. The number of benzene rings is 3. The van der Waals surface area contributed by atoms with Gasteiger partial charge in [0.25, 0.3) is 0 Å². The molecule has 0 atom stereocenters. The molecule has 3 heteroatoms. The first-order chi connectivity index (χ1) is 14.1. The Balaban J connectivity index is 1.74. The van der Waals surface area contributed by atoms with Crippen LogP contribution in [0.2, 0.25) is 13.1 Å². The van der Waals surface area contributed by atoms with Crippen LogP contribution in [-0.2, 0) is 14.6 Å². The van der Waals surface area contributed by atoms with Crippen molar-refractivity contribution in [3.63, 3.8) is 0 Å². The smallest absolute Gasteiger partial charge is 0.218 e. The summed E-state index contributed by atoms with van der Waals surface area (Å²) in [5.74, 6) is 0. The van der Waals surface area contributed by atoms with Gasteiger partial charge in [0.1, 0.15) is 0 Å². The van der Waals surface area contributed by atoms with Crippen molar-refractivity contribution in [3.8, 4) is 11.1 Å². The van der Waals surface area contributed by atoms with E-state index in [0.29, 0.717) is 13.2 Å². The Morgan fingerprint density at radius 3 is 1.86 bits per heavy atom. The van der Waals surface area contributed by atoms with E-state index in [1.807, 2.05) is 0 Å². The van der Waals surface area contributed by atoms with E-state index >= 15 is 0 Å². The second kappa shape index (κ2) is 8.27. The molecule has 0 radical (unpaired) electrons. The summed E-state index contributed by atoms with van der Waals surface area (Å²) in [4.78, 5) is 0. The molecule has 0 amide bonds. The Bertz CT molecular complexity index is 920. The molecule has 0 heterocycles. The molecule has 0 aliphatic heterocycles. The maximum absolute atomic E-state index is 6.81. The fraction of sp³-hybridized carbons (Fsp3) is 0.308. The van der Waals surface area contributed by atoms with Gasteiger partial charge < -0.3 is 9.16 Å². The van der Waals surface area contributed by atoms with E-state index < -0.39 is 8.32 Å². The first kappa shape index (κ1) is 20.1. The second-order valence-corrected chi connectivity index (χ2v) is 12.3. The molecule has 3 aromatic rings. The normalized spacial score (nSPS) is 14.4. The van der Waals surface area contributed by atoms with Crippen molar-refractivity contribution in [1.82, 2.24) is 0 Å². The van der Waals surface area contributed by atoms with E-state index in [1.54, 1.807) is 0 Å². The monoisotopic (exact) mass is 402 g/mol. The van der Waals surface area contributed by atoms with Gasteiger partial charge in [-0.15, -0.1) is 0 Å². The molecule has 2 nitrogen and oxygen atoms in total. The molecule has 1 aliphatic rings. The van der Waals surface area contributed by atoms with E-state index in [0.717, 1.165) is 13.0 Å². The van der Waals surface area contributed by atoms with Gasteiger partial charge in [-0.2, -0.15) is 0 Å². The van der Waals surface area contributed by atoms with Gasteiger partial charge in [0, 0.05) is 6.61 Å². The summed E-state index contributed by atoms with van der Waals surface area (Å²) in [7, 11) is -2.04. The summed E-state index contributed by atoms with van der Waals surface area (Å²) < 4.78 is 13.0. The Kier molecular flexibility index (Phi) is 5.73. The highest BCUT2D eigenvalue weighted by Gasteiger charge is 2.45. The lowest BCUT2D eigenvalue weighted by Gasteiger charge is -2.35. The SMILES string of the molecule is CCCOCC1(CO[Si](C)(C)c2ccccc2)c2ccccc2-c2ccccc21. The van der Waals surface area contributed by atoms with Crippen LogP contribution in [0.1, 0.15) is 24.5 Å². The predicted molar refractivity (Wildman–Crippen MR) is 123 cm³/mol. The van der Waals surface area contributed by atoms with E-state index in [-0.39, 0.29) is 5.41 Å². The topological polar surface area (TPSA) is 18.5 Å². The molecule has 0 aromatic heterocycles. The van der Waals surface area contributed by atoms with Gasteiger partial charge in [-0.25, -0.2) is 0 Å². The zero-order chi connectivity index (χ0) is 20.3. The maximum Gasteiger partial charge on any atom is 0.218 e. The minimum absolute atomic E-state index is 0.262. The number of fused-ring (bicyclic) bond motifs is 3. The molecule has 0 bridgehead atoms. The fourth-order valence-corrected chi connectivity index (χ4v) is 6.15. The molecule has 0 unspecified atom stereocenters. The van der Waals surface area contributed by atoms with E-state index in [4.69, 9.17) is 9.16 Å². The van der Waals surface area contributed by atoms with Crippen molar-refractivity contribution in [1.29, 1.82) is 0 Å². The van der Waals surface area contributed by atoms with Crippen LogP contribution in [0, 0.1) is 0 Å². The van der Waals surface area contributed by atoms with Gasteiger partial charge in [0.2, 0.25) is 8.32 Å². The average Bonchev–Trinajstić information content (AvgIpc) is 3.04. The Hall–Kier alpha value is -2.20. The summed E-state index contributed by atoms with van der Waals surface area (Å²) in [5, 5.41) is 1.32. The van der Waals surface area contributed by atoms with E-state index in [1.165, 1.54) is 27.4 Å². The van der Waals surface area contributed by atoms with Crippen LogP contribution in [0.3, 0.4) is 0 Å². The minimum Gasteiger partial charge on any atom is -0.412 e. The van der Waals surface area contributed by atoms with Crippen molar-refractivity contribution >= 4 is 13.5 Å². The van der Waals surface area contributed by atoms with Crippen LogP contribution in [0.15, 0.2) is 78.9 Å². The number of rotatable bonds is 8. The summed E-state index contributed by atoms with van der Waals surface area (Å²) in [6, 6.07) is 28.2. The van der Waals surface area contributed by atoms with Crippen LogP contribution < -0.4 is 5.19 Å². The van der Waals surface area contributed by atoms with Gasteiger partial charge in [0.05, 0.1) is 18.6 Å². The molecule has 3 aromatic carbocycles. The third-order valence-corrected chi connectivity index (χ3v) is 8.61. The highest BCUT2D eigenvalue weighted by atomic mass is 28.4. The Labute approximate surface area is 175 Å². The quantitative estimate of drug-likeness (QED) is 0.365. The lowest BCUT2D eigenvalue weighted by Crippen LogP contribution is -2.49. The van der Waals surface area contributed by atoms with Crippen LogP contribution in [0.25, 0.3) is 11.1 Å². The first-order valence-corrected chi connectivity index (χ1v) is 13.5. The molecule has 0 saturated heterocycles. The summed E-state index contributed by atoms with van der Waals surface area (Å²) >= 11 is 0. The maximum atomic E-state index is 6.81. The summed E-state index contributed by atoms with van der Waals surface area (Å²) in [6.07, 6.45) is 1.02. The Morgan fingerprint density at radius 1 is 0.724 bits per heavy atom. The van der Waals surface area contributed by atoms with Crippen LogP contribution in [0.5, 0.6) is 0 Å². The second-order valence-electron chi connectivity index (χ2n) is 8.39. The standard InChI is InChI=1S/C26H30O2Si/c1-4-18-27-19-26(20-28-29(2,3)21-12-6-5-7-13-21)24-16-10-8-14-22(24)23-15-9-11-17-25(23)26/h5-17H,4,18-20H2,1-3H3. The van der Waals surface area contributed by atoms with E-state index in [2.05, 4.69) is 98.9 Å². The molecular weight excluding hydrogens is 372 g/mol. The van der Waals surface area contributed by atoms with Gasteiger partial charge in [-0.3, -0.25) is 0 Å². The Morgan fingerprint density at radius 2 is 1.28 bits per heavy atom. The average molecular weight is 403 g/mol. The molecule has 0 saturated carbocycles. The van der Waals surface area contributed by atoms with Crippen LogP contribution in [0.4, 0.5) is 0 Å². The molecule has 0 fully saturated rings. The number of ether oxygens (including phenoxy) is 1. The largest absolute Gasteiger partial charge is 0.412 e. The lowest BCUT2D eigenvalue weighted by atomic mass is 9.79. The van der Waals surface area contributed by atoms with Crippen LogP contribution >= 0.6 is 0 Å². The highest BCUT2D eigenvalue weighted by molar-refractivity contribution is 6.84. The van der Waals surface area contributed by atoms with Crippen molar-refractivity contribution in [2.24, 2.45) is 0 Å². The summed E-state index contributed by atoms with van der Waals surface area (Å²) in [6.45, 7) is 8.79. The van der Waals surface area contributed by atoms with Crippen molar-refractivity contribution in [2.75, 3.05) is 19.8 Å². The molecular formula is C26H30O2Si. The predicted octanol–water partition coefficient (Wildman–Crippen LogP) is 5.51. The van der Waals surface area contributed by atoms with Gasteiger partial charge >= 0.3 is 0 Å². The van der Waals surface area contributed by atoms with Gasteiger partial charge in [0.15, 0.2) is 0 Å². The number of hydrogen-bond acceptors (Lipinski definition) is 2. The molecule has 0 spiro atoms. The minimum atomic E-state index is -2.04. The summed E-state index contributed by atoms with van der Waals surface area (Å²) in [5.41, 5.74) is 5.02. The molecule has 29 heavy (non-hydrogen) atoms. The third kappa shape index (κ3) is 3.70. The highest BCUT2D eigenvalue weighted by Crippen LogP contribution is 2.49. The number of hydrogen-bond donors (Lipinski definition) is 0. The lowest BCUT2D eigenvalue weighted by molar-refractivity contribution is 0.0747. The van der Waals surface area contributed by atoms with Crippen molar-refractivity contribution in [3.05, 3.63) is 90.0 Å². The molecule has 4 rings (SSSR count). The van der Waals surface area contributed by atoms with Gasteiger partial charge in [-0.1, -0.05) is 85.8 Å². The molecule has 1 aliphatic carbocycles. The van der Waals surface area contributed by atoms with E-state index in [9.17, 15) is 0 Å².